The molecule has 21 heavy (non-hydrogen) atoms. The van der Waals surface area contributed by atoms with Gasteiger partial charge >= 0.3 is 0 Å². The summed E-state index contributed by atoms with van der Waals surface area (Å²) in [7, 11) is 1.61. The molecule has 4 heteroatoms. The van der Waals surface area contributed by atoms with Gasteiger partial charge in [0.25, 0.3) is 0 Å². The number of amides is 1. The second-order valence-corrected chi connectivity index (χ2v) is 4.82. The molecule has 0 aliphatic rings. The van der Waals surface area contributed by atoms with Crippen molar-refractivity contribution in [2.75, 3.05) is 7.11 Å². The van der Waals surface area contributed by atoms with Gasteiger partial charge in [-0.25, -0.2) is 0 Å². The van der Waals surface area contributed by atoms with Crippen LogP contribution in [0.3, 0.4) is 0 Å². The third-order valence-electron chi connectivity index (χ3n) is 3.13. The molecule has 1 amide bonds. The lowest BCUT2D eigenvalue weighted by Crippen LogP contribution is -2.24. The van der Waals surface area contributed by atoms with E-state index in [0.29, 0.717) is 0 Å². The predicted octanol–water partition coefficient (Wildman–Crippen LogP) is 3.49. The molecule has 1 aromatic heterocycles. The van der Waals surface area contributed by atoms with E-state index in [0.717, 1.165) is 22.6 Å². The number of hydrogen-bond acceptors (Lipinski definition) is 3. The second kappa shape index (κ2) is 6.79. The van der Waals surface area contributed by atoms with Crippen LogP contribution in [0, 0.1) is 6.92 Å². The van der Waals surface area contributed by atoms with E-state index in [1.165, 1.54) is 6.08 Å². The molecule has 0 fully saturated rings. The number of ether oxygens (including phenoxy) is 1. The minimum absolute atomic E-state index is 0.170. The van der Waals surface area contributed by atoms with Crippen molar-refractivity contribution in [1.29, 1.82) is 0 Å². The number of methoxy groups -OCH3 is 1. The Morgan fingerprint density at radius 3 is 2.86 bits per heavy atom. The van der Waals surface area contributed by atoms with Gasteiger partial charge in [0, 0.05) is 11.6 Å². The fourth-order valence-corrected chi connectivity index (χ4v) is 2.02. The Morgan fingerprint density at radius 1 is 1.38 bits per heavy atom. The van der Waals surface area contributed by atoms with E-state index in [1.807, 2.05) is 38.1 Å². The van der Waals surface area contributed by atoms with Gasteiger partial charge in [-0.1, -0.05) is 11.6 Å². The van der Waals surface area contributed by atoms with Gasteiger partial charge in [-0.15, -0.1) is 0 Å². The van der Waals surface area contributed by atoms with Crippen LogP contribution in [0.4, 0.5) is 0 Å². The van der Waals surface area contributed by atoms with Crippen LogP contribution < -0.4 is 10.1 Å². The van der Waals surface area contributed by atoms with Crippen molar-refractivity contribution in [2.24, 2.45) is 0 Å². The summed E-state index contributed by atoms with van der Waals surface area (Å²) >= 11 is 0. The third-order valence-corrected chi connectivity index (χ3v) is 3.13. The van der Waals surface area contributed by atoms with Crippen molar-refractivity contribution in [1.82, 2.24) is 5.32 Å². The lowest BCUT2D eigenvalue weighted by molar-refractivity contribution is -0.117. The van der Waals surface area contributed by atoms with Crippen LogP contribution in [-0.4, -0.2) is 13.0 Å². The zero-order valence-electron chi connectivity index (χ0n) is 12.4. The molecule has 1 atom stereocenters. The van der Waals surface area contributed by atoms with Crippen molar-refractivity contribution >= 4 is 12.0 Å². The molecule has 0 aliphatic carbocycles. The van der Waals surface area contributed by atoms with Crippen molar-refractivity contribution < 1.29 is 13.9 Å². The molecule has 1 heterocycles. The van der Waals surface area contributed by atoms with Crippen LogP contribution in [-0.2, 0) is 4.79 Å². The average Bonchev–Trinajstić information content (AvgIpc) is 2.99. The minimum Gasteiger partial charge on any atom is -0.496 e. The van der Waals surface area contributed by atoms with Crippen LogP contribution >= 0.6 is 0 Å². The summed E-state index contributed by atoms with van der Waals surface area (Å²) in [5.41, 5.74) is 1.98. The average molecular weight is 285 g/mol. The Hall–Kier alpha value is -2.49. The van der Waals surface area contributed by atoms with Crippen molar-refractivity contribution in [3.05, 3.63) is 59.6 Å². The molecular formula is C17H19NO3. The van der Waals surface area contributed by atoms with Crippen LogP contribution in [0.2, 0.25) is 0 Å². The number of hydrogen-bond donors (Lipinski definition) is 1. The zero-order valence-corrected chi connectivity index (χ0v) is 12.4. The van der Waals surface area contributed by atoms with Crippen LogP contribution in [0.1, 0.15) is 29.9 Å². The number of benzene rings is 1. The Morgan fingerprint density at radius 2 is 2.19 bits per heavy atom. The molecule has 110 valence electrons. The minimum atomic E-state index is -0.178. The smallest absolute Gasteiger partial charge is 0.244 e. The second-order valence-electron chi connectivity index (χ2n) is 4.82. The number of furan rings is 1. The van der Waals surface area contributed by atoms with Crippen LogP contribution in [0.25, 0.3) is 6.08 Å². The third kappa shape index (κ3) is 3.99. The normalized spacial score (nSPS) is 12.3. The van der Waals surface area contributed by atoms with Crippen LogP contribution in [0.15, 0.2) is 47.1 Å². The Balaban J connectivity index is 2.04. The van der Waals surface area contributed by atoms with Gasteiger partial charge in [0.1, 0.15) is 11.5 Å². The summed E-state index contributed by atoms with van der Waals surface area (Å²) in [5.74, 6) is 1.29. The summed E-state index contributed by atoms with van der Waals surface area (Å²) < 4.78 is 10.5. The molecule has 0 aliphatic heterocycles. The first kappa shape index (κ1) is 14.9. The molecule has 0 saturated heterocycles. The van der Waals surface area contributed by atoms with Gasteiger partial charge in [0.15, 0.2) is 0 Å². The molecule has 0 radical (unpaired) electrons. The van der Waals surface area contributed by atoms with E-state index < -0.39 is 0 Å². The summed E-state index contributed by atoms with van der Waals surface area (Å²) in [6, 6.07) is 9.28. The van der Waals surface area contributed by atoms with Gasteiger partial charge in [-0.05, 0) is 44.2 Å². The molecular weight excluding hydrogens is 266 g/mol. The van der Waals surface area contributed by atoms with E-state index >= 15 is 0 Å². The Kier molecular flexibility index (Phi) is 4.82. The molecule has 0 spiro atoms. The maximum absolute atomic E-state index is 11.9. The standard InChI is InChI=1S/C17H19NO3/c1-12-6-8-16(20-3)14(11-12)7-9-17(19)18-13(2)15-5-4-10-21-15/h4-11,13H,1-3H3,(H,18,19)/b9-7+/t13-/m1/s1. The molecule has 4 nitrogen and oxygen atoms in total. The molecule has 1 N–H and O–H groups in total. The van der Waals surface area contributed by atoms with E-state index in [1.54, 1.807) is 25.5 Å². The SMILES string of the molecule is COc1ccc(C)cc1/C=C/C(=O)N[C@H](C)c1ccco1. The lowest BCUT2D eigenvalue weighted by Gasteiger charge is -2.09. The lowest BCUT2D eigenvalue weighted by atomic mass is 10.1. The first-order valence-corrected chi connectivity index (χ1v) is 6.77. The van der Waals surface area contributed by atoms with Gasteiger partial charge in [0.05, 0.1) is 19.4 Å². The summed E-state index contributed by atoms with van der Waals surface area (Å²) in [6.45, 7) is 3.87. The van der Waals surface area contributed by atoms with Gasteiger partial charge < -0.3 is 14.5 Å². The first-order chi connectivity index (χ1) is 10.1. The fraction of sp³-hybridized carbons (Fsp3) is 0.235. The Labute approximate surface area is 124 Å². The largest absolute Gasteiger partial charge is 0.496 e. The monoisotopic (exact) mass is 285 g/mol. The van der Waals surface area contributed by atoms with E-state index in [-0.39, 0.29) is 11.9 Å². The van der Waals surface area contributed by atoms with Crippen molar-refractivity contribution in [3.8, 4) is 5.75 Å². The molecule has 0 bridgehead atoms. The Bertz CT molecular complexity index is 629. The summed E-state index contributed by atoms with van der Waals surface area (Å²) in [5, 5.41) is 2.84. The maximum Gasteiger partial charge on any atom is 0.244 e. The molecule has 0 unspecified atom stereocenters. The topological polar surface area (TPSA) is 51.5 Å². The van der Waals surface area contributed by atoms with Gasteiger partial charge in [0.2, 0.25) is 5.91 Å². The molecule has 2 rings (SSSR count). The predicted molar refractivity (Wildman–Crippen MR) is 82.0 cm³/mol. The number of rotatable bonds is 5. The molecule has 0 saturated carbocycles. The van der Waals surface area contributed by atoms with E-state index in [9.17, 15) is 4.79 Å². The maximum atomic E-state index is 11.9. The highest BCUT2D eigenvalue weighted by Gasteiger charge is 2.09. The quantitative estimate of drug-likeness (QED) is 0.856. The summed E-state index contributed by atoms with van der Waals surface area (Å²) in [4.78, 5) is 11.9. The molecule has 1 aromatic carbocycles. The first-order valence-electron chi connectivity index (χ1n) is 6.77. The highest BCUT2D eigenvalue weighted by molar-refractivity contribution is 5.92. The van der Waals surface area contributed by atoms with E-state index in [2.05, 4.69) is 5.32 Å². The highest BCUT2D eigenvalue weighted by atomic mass is 16.5. The highest BCUT2D eigenvalue weighted by Crippen LogP contribution is 2.21. The fourth-order valence-electron chi connectivity index (χ4n) is 2.02. The number of carbonyl (C=O) groups is 1. The van der Waals surface area contributed by atoms with Gasteiger partial charge in [-0.2, -0.15) is 0 Å². The number of aryl methyl sites for hydroxylation is 1. The molecule has 2 aromatic rings. The van der Waals surface area contributed by atoms with Crippen molar-refractivity contribution in [3.63, 3.8) is 0 Å². The van der Waals surface area contributed by atoms with Crippen LogP contribution in [0.5, 0.6) is 5.75 Å². The number of nitrogens with one attached hydrogen (secondary N) is 1. The van der Waals surface area contributed by atoms with Gasteiger partial charge in [-0.3, -0.25) is 4.79 Å². The summed E-state index contributed by atoms with van der Waals surface area (Å²) in [6.07, 6.45) is 4.83. The van der Waals surface area contributed by atoms with Crippen molar-refractivity contribution in [2.45, 2.75) is 19.9 Å². The van der Waals surface area contributed by atoms with E-state index in [4.69, 9.17) is 9.15 Å². The zero-order chi connectivity index (χ0) is 15.2. The number of carbonyl (C=O) groups excluding carboxylic acids is 1.